The molecule has 1 fully saturated rings. The van der Waals surface area contributed by atoms with E-state index in [9.17, 15) is 14.4 Å². The first-order chi connectivity index (χ1) is 9.36. The van der Waals surface area contributed by atoms with Crippen LogP contribution in [0.25, 0.3) is 0 Å². The van der Waals surface area contributed by atoms with Crippen LogP contribution in [-0.2, 0) is 19.1 Å². The fourth-order valence-corrected chi connectivity index (χ4v) is 2.47. The fourth-order valence-electron chi connectivity index (χ4n) is 2.47. The zero-order valence-corrected chi connectivity index (χ0v) is 12.6. The summed E-state index contributed by atoms with van der Waals surface area (Å²) >= 11 is 0. The largest absolute Gasteiger partial charge is 0.469 e. The molecule has 1 heterocycles. The zero-order chi connectivity index (χ0) is 15.3. The van der Waals surface area contributed by atoms with E-state index in [1.807, 2.05) is 13.8 Å². The minimum absolute atomic E-state index is 0.00454. The van der Waals surface area contributed by atoms with Gasteiger partial charge in [-0.05, 0) is 18.8 Å². The average Bonchev–Trinajstić information content (AvgIpc) is 2.42. The van der Waals surface area contributed by atoms with Crippen molar-refractivity contribution in [2.75, 3.05) is 20.2 Å². The maximum absolute atomic E-state index is 12.5. The number of hydrogen-bond donors (Lipinski definition) is 1. The first kappa shape index (κ1) is 16.5. The molecule has 1 rings (SSSR count). The Hall–Kier alpha value is -1.59. The molecule has 1 N–H and O–H groups in total. The number of rotatable bonds is 4. The Morgan fingerprint density at radius 1 is 1.30 bits per heavy atom. The number of nitrogens with one attached hydrogen (secondary N) is 1. The smallest absolute Gasteiger partial charge is 0.310 e. The lowest BCUT2D eigenvalue weighted by atomic mass is 9.95. The topological polar surface area (TPSA) is 75.7 Å². The highest BCUT2D eigenvalue weighted by Crippen LogP contribution is 2.19. The van der Waals surface area contributed by atoms with Gasteiger partial charge in [0.05, 0.1) is 13.0 Å². The van der Waals surface area contributed by atoms with Crippen molar-refractivity contribution in [2.24, 2.45) is 11.8 Å². The highest BCUT2D eigenvalue weighted by atomic mass is 16.5. The normalized spacial score (nSPS) is 20.4. The maximum Gasteiger partial charge on any atom is 0.310 e. The van der Waals surface area contributed by atoms with Gasteiger partial charge in [0, 0.05) is 20.0 Å². The first-order valence-electron chi connectivity index (χ1n) is 7.00. The summed E-state index contributed by atoms with van der Waals surface area (Å²) in [6.45, 7) is 6.17. The van der Waals surface area contributed by atoms with Crippen molar-refractivity contribution in [3.05, 3.63) is 0 Å². The fraction of sp³-hybridized carbons (Fsp3) is 0.786. The van der Waals surface area contributed by atoms with Crippen LogP contribution in [0.1, 0.15) is 33.6 Å². The van der Waals surface area contributed by atoms with Crippen LogP contribution in [0.5, 0.6) is 0 Å². The predicted molar refractivity (Wildman–Crippen MR) is 73.8 cm³/mol. The minimum atomic E-state index is -0.538. The molecule has 1 aliphatic heterocycles. The molecule has 2 amide bonds. The average molecular weight is 284 g/mol. The number of piperidine rings is 1. The van der Waals surface area contributed by atoms with Gasteiger partial charge in [0.2, 0.25) is 11.8 Å². The molecule has 2 atom stereocenters. The molecule has 6 heteroatoms. The molecule has 1 aliphatic rings. The number of ether oxygens (including phenoxy) is 1. The van der Waals surface area contributed by atoms with E-state index in [0.717, 1.165) is 12.8 Å². The van der Waals surface area contributed by atoms with E-state index in [1.165, 1.54) is 14.0 Å². The van der Waals surface area contributed by atoms with E-state index in [1.54, 1.807) is 4.90 Å². The van der Waals surface area contributed by atoms with E-state index >= 15 is 0 Å². The molecule has 6 nitrogen and oxygen atoms in total. The van der Waals surface area contributed by atoms with Gasteiger partial charge in [0.1, 0.15) is 6.04 Å². The highest BCUT2D eigenvalue weighted by molar-refractivity contribution is 5.87. The predicted octanol–water partition coefficient (Wildman–Crippen LogP) is 0.559. The number of amides is 2. The molecule has 0 aromatic heterocycles. The Kier molecular flexibility index (Phi) is 5.98. The molecule has 0 bridgehead atoms. The van der Waals surface area contributed by atoms with Crippen molar-refractivity contribution in [1.82, 2.24) is 10.2 Å². The monoisotopic (exact) mass is 284 g/mol. The van der Waals surface area contributed by atoms with Gasteiger partial charge in [-0.25, -0.2) is 0 Å². The van der Waals surface area contributed by atoms with E-state index in [2.05, 4.69) is 5.32 Å². The van der Waals surface area contributed by atoms with Gasteiger partial charge in [0.25, 0.3) is 0 Å². The summed E-state index contributed by atoms with van der Waals surface area (Å²) in [6, 6.07) is -0.538. The summed E-state index contributed by atoms with van der Waals surface area (Å²) in [5.41, 5.74) is 0. The van der Waals surface area contributed by atoms with E-state index < -0.39 is 6.04 Å². The van der Waals surface area contributed by atoms with Gasteiger partial charge in [-0.3, -0.25) is 14.4 Å². The van der Waals surface area contributed by atoms with Crippen LogP contribution < -0.4 is 5.32 Å². The molecule has 0 spiro atoms. The molecule has 0 aromatic rings. The lowest BCUT2D eigenvalue weighted by molar-refractivity contribution is -0.150. The second-order valence-corrected chi connectivity index (χ2v) is 5.57. The Morgan fingerprint density at radius 2 is 1.95 bits per heavy atom. The van der Waals surface area contributed by atoms with Crippen molar-refractivity contribution in [3.8, 4) is 0 Å². The third kappa shape index (κ3) is 4.21. The molecule has 2 unspecified atom stereocenters. The Morgan fingerprint density at radius 3 is 2.45 bits per heavy atom. The third-order valence-corrected chi connectivity index (χ3v) is 3.56. The molecule has 0 radical (unpaired) electrons. The van der Waals surface area contributed by atoms with Crippen molar-refractivity contribution in [1.29, 1.82) is 0 Å². The molecule has 1 saturated heterocycles. The van der Waals surface area contributed by atoms with Crippen LogP contribution in [-0.4, -0.2) is 48.9 Å². The molecular formula is C14H24N2O4. The SMILES string of the molecule is COC(=O)C1CCCN(C(=O)C(NC(C)=O)C(C)C)C1. The Labute approximate surface area is 119 Å². The van der Waals surface area contributed by atoms with Crippen LogP contribution in [0.2, 0.25) is 0 Å². The summed E-state index contributed by atoms with van der Waals surface area (Å²) in [5, 5.41) is 2.69. The lowest BCUT2D eigenvalue weighted by Gasteiger charge is -2.35. The van der Waals surface area contributed by atoms with Gasteiger partial charge in [-0.15, -0.1) is 0 Å². The first-order valence-corrected chi connectivity index (χ1v) is 7.00. The highest BCUT2D eigenvalue weighted by Gasteiger charge is 2.33. The number of likely N-dealkylation sites (tertiary alicyclic amines) is 1. The number of esters is 1. The zero-order valence-electron chi connectivity index (χ0n) is 12.6. The maximum atomic E-state index is 12.5. The Balaban J connectivity index is 2.73. The van der Waals surface area contributed by atoms with Gasteiger partial charge in [-0.2, -0.15) is 0 Å². The number of methoxy groups -OCH3 is 1. The Bertz CT molecular complexity index is 381. The van der Waals surface area contributed by atoms with Gasteiger partial charge in [0.15, 0.2) is 0 Å². The van der Waals surface area contributed by atoms with Gasteiger partial charge < -0.3 is 15.0 Å². The summed E-state index contributed by atoms with van der Waals surface area (Å²) in [7, 11) is 1.36. The van der Waals surface area contributed by atoms with E-state index in [0.29, 0.717) is 13.1 Å². The summed E-state index contributed by atoms with van der Waals surface area (Å²) in [5.74, 6) is -0.877. The minimum Gasteiger partial charge on any atom is -0.469 e. The van der Waals surface area contributed by atoms with Gasteiger partial charge >= 0.3 is 5.97 Å². The molecular weight excluding hydrogens is 260 g/mol. The van der Waals surface area contributed by atoms with Crippen LogP contribution in [0.4, 0.5) is 0 Å². The standard InChI is InChI=1S/C14H24N2O4/c1-9(2)12(15-10(3)17)13(18)16-7-5-6-11(8-16)14(19)20-4/h9,11-12H,5-8H2,1-4H3,(H,15,17). The third-order valence-electron chi connectivity index (χ3n) is 3.56. The molecule has 0 saturated carbocycles. The van der Waals surface area contributed by atoms with E-state index in [-0.39, 0.29) is 29.6 Å². The molecule has 20 heavy (non-hydrogen) atoms. The van der Waals surface area contributed by atoms with Gasteiger partial charge in [-0.1, -0.05) is 13.8 Å². The number of hydrogen-bond acceptors (Lipinski definition) is 4. The van der Waals surface area contributed by atoms with Crippen LogP contribution in [0.15, 0.2) is 0 Å². The quantitative estimate of drug-likeness (QED) is 0.765. The second kappa shape index (κ2) is 7.26. The lowest BCUT2D eigenvalue weighted by Crippen LogP contribution is -2.53. The molecule has 0 aliphatic carbocycles. The number of carbonyl (C=O) groups excluding carboxylic acids is 3. The van der Waals surface area contributed by atoms with Crippen LogP contribution >= 0.6 is 0 Å². The summed E-state index contributed by atoms with van der Waals surface area (Å²) in [4.78, 5) is 36.9. The van der Waals surface area contributed by atoms with Crippen molar-refractivity contribution in [2.45, 2.75) is 39.7 Å². The second-order valence-electron chi connectivity index (χ2n) is 5.57. The summed E-state index contributed by atoms with van der Waals surface area (Å²) in [6.07, 6.45) is 1.51. The molecule has 0 aromatic carbocycles. The summed E-state index contributed by atoms with van der Waals surface area (Å²) < 4.78 is 4.74. The van der Waals surface area contributed by atoms with Crippen LogP contribution in [0.3, 0.4) is 0 Å². The number of carbonyl (C=O) groups is 3. The molecule has 114 valence electrons. The van der Waals surface area contributed by atoms with E-state index in [4.69, 9.17) is 4.74 Å². The van der Waals surface area contributed by atoms with Crippen molar-refractivity contribution in [3.63, 3.8) is 0 Å². The van der Waals surface area contributed by atoms with Crippen molar-refractivity contribution >= 4 is 17.8 Å². The van der Waals surface area contributed by atoms with Crippen LogP contribution in [0, 0.1) is 11.8 Å². The van der Waals surface area contributed by atoms with Crippen molar-refractivity contribution < 1.29 is 19.1 Å². The number of nitrogens with zero attached hydrogens (tertiary/aromatic N) is 1.